The summed E-state index contributed by atoms with van der Waals surface area (Å²) < 4.78 is 7.34. The Hall–Kier alpha value is -1.81. The lowest BCUT2D eigenvalue weighted by Gasteiger charge is -2.08. The van der Waals surface area contributed by atoms with Crippen molar-refractivity contribution in [1.29, 1.82) is 0 Å². The number of hydrogen-bond acceptors (Lipinski definition) is 3. The van der Waals surface area contributed by atoms with Crippen LogP contribution in [0.25, 0.3) is 0 Å². The molecule has 0 aliphatic carbocycles. The fraction of sp³-hybridized carbons (Fsp3) is 0.231. The summed E-state index contributed by atoms with van der Waals surface area (Å²) in [6, 6.07) is 4.98. The van der Waals surface area contributed by atoms with Crippen molar-refractivity contribution in [3.05, 3.63) is 46.7 Å². The molecule has 0 amide bonds. The molecule has 1 aromatic carbocycles. The first-order valence-corrected chi connectivity index (χ1v) is 5.93. The Morgan fingerprint density at radius 3 is 3.00 bits per heavy atom. The van der Waals surface area contributed by atoms with Gasteiger partial charge in [0, 0.05) is 11.2 Å². The molecular formula is C13H13ClN2O2. The molecule has 0 atom stereocenters. The fourth-order valence-electron chi connectivity index (χ4n) is 1.58. The number of rotatable bonds is 5. The number of hydrogen-bond donors (Lipinski definition) is 0. The van der Waals surface area contributed by atoms with Gasteiger partial charge in [0.25, 0.3) is 0 Å². The molecule has 0 saturated carbocycles. The average Bonchev–Trinajstić information content (AvgIpc) is 2.77. The van der Waals surface area contributed by atoms with E-state index >= 15 is 0 Å². The van der Waals surface area contributed by atoms with Gasteiger partial charge >= 0.3 is 0 Å². The summed E-state index contributed by atoms with van der Waals surface area (Å²) in [7, 11) is 0. The van der Waals surface area contributed by atoms with Crippen LogP contribution in [0.3, 0.4) is 0 Å². The van der Waals surface area contributed by atoms with Crippen molar-refractivity contribution in [2.45, 2.75) is 13.5 Å². The van der Waals surface area contributed by atoms with Crippen molar-refractivity contribution in [3.8, 4) is 5.75 Å². The van der Waals surface area contributed by atoms with Crippen molar-refractivity contribution in [2.75, 3.05) is 6.61 Å². The van der Waals surface area contributed by atoms with E-state index in [1.807, 2.05) is 13.1 Å². The number of carbonyl (C=O) groups is 1. The molecule has 2 aromatic rings. The largest absolute Gasteiger partial charge is 0.491 e. The van der Waals surface area contributed by atoms with E-state index < -0.39 is 0 Å². The highest BCUT2D eigenvalue weighted by Gasteiger charge is 2.04. The van der Waals surface area contributed by atoms with E-state index in [0.29, 0.717) is 29.5 Å². The highest BCUT2D eigenvalue weighted by molar-refractivity contribution is 6.30. The van der Waals surface area contributed by atoms with Crippen LogP contribution < -0.4 is 4.74 Å². The lowest BCUT2D eigenvalue weighted by atomic mass is 10.2. The number of carbonyl (C=O) groups excluding carboxylic acids is 1. The first kappa shape index (κ1) is 12.6. The number of nitrogens with zero attached hydrogens (tertiary/aromatic N) is 2. The van der Waals surface area contributed by atoms with Gasteiger partial charge in [0.05, 0.1) is 18.3 Å². The van der Waals surface area contributed by atoms with Gasteiger partial charge < -0.3 is 4.74 Å². The minimum absolute atomic E-state index is 0.448. The van der Waals surface area contributed by atoms with Crippen molar-refractivity contribution in [3.63, 3.8) is 0 Å². The van der Waals surface area contributed by atoms with Crippen LogP contribution in [-0.2, 0) is 6.54 Å². The predicted octanol–water partition coefficient (Wildman–Crippen LogP) is 2.74. The van der Waals surface area contributed by atoms with E-state index in [4.69, 9.17) is 16.3 Å². The van der Waals surface area contributed by atoms with E-state index in [1.165, 1.54) is 0 Å². The maximum atomic E-state index is 10.9. The first-order chi connectivity index (χ1) is 8.69. The highest BCUT2D eigenvalue weighted by atomic mass is 35.5. The smallest absolute Gasteiger partial charge is 0.153 e. The molecule has 0 bridgehead atoms. The summed E-state index contributed by atoms with van der Waals surface area (Å²) in [6.07, 6.45) is 4.46. The summed E-state index contributed by atoms with van der Waals surface area (Å²) in [5.41, 5.74) is 1.56. The maximum absolute atomic E-state index is 10.9. The number of halogens is 1. The molecule has 18 heavy (non-hydrogen) atoms. The third-order valence-corrected chi connectivity index (χ3v) is 2.67. The van der Waals surface area contributed by atoms with Crippen LogP contribution in [0.5, 0.6) is 5.75 Å². The molecule has 0 unspecified atom stereocenters. The Morgan fingerprint density at radius 2 is 2.33 bits per heavy atom. The zero-order valence-corrected chi connectivity index (χ0v) is 10.7. The van der Waals surface area contributed by atoms with Gasteiger partial charge in [-0.2, -0.15) is 5.10 Å². The molecule has 0 radical (unpaired) electrons. The number of ether oxygens (including phenoxy) is 1. The van der Waals surface area contributed by atoms with Gasteiger partial charge in [-0.25, -0.2) is 0 Å². The quantitative estimate of drug-likeness (QED) is 0.780. The second kappa shape index (κ2) is 5.69. The van der Waals surface area contributed by atoms with Gasteiger partial charge in [-0.05, 0) is 30.7 Å². The topological polar surface area (TPSA) is 44.1 Å². The molecule has 0 aliphatic heterocycles. The monoisotopic (exact) mass is 264 g/mol. The fourth-order valence-corrected chi connectivity index (χ4v) is 1.76. The molecule has 94 valence electrons. The molecule has 0 spiro atoms. The van der Waals surface area contributed by atoms with E-state index in [2.05, 4.69) is 5.10 Å². The van der Waals surface area contributed by atoms with Crippen molar-refractivity contribution < 1.29 is 9.53 Å². The van der Waals surface area contributed by atoms with Gasteiger partial charge in [0.2, 0.25) is 0 Å². The number of aromatic nitrogens is 2. The molecule has 4 nitrogen and oxygen atoms in total. The average molecular weight is 265 g/mol. The summed E-state index contributed by atoms with van der Waals surface area (Å²) >= 11 is 5.80. The second-order valence-electron chi connectivity index (χ2n) is 3.93. The summed E-state index contributed by atoms with van der Waals surface area (Å²) in [6.45, 7) is 3.06. The molecule has 0 aliphatic rings. The van der Waals surface area contributed by atoms with Gasteiger partial charge in [0.1, 0.15) is 12.4 Å². The van der Waals surface area contributed by atoms with Crippen LogP contribution in [0.2, 0.25) is 5.02 Å². The van der Waals surface area contributed by atoms with Crippen LogP contribution in [0.1, 0.15) is 15.9 Å². The highest BCUT2D eigenvalue weighted by Crippen LogP contribution is 2.21. The van der Waals surface area contributed by atoms with Crippen molar-refractivity contribution in [2.24, 2.45) is 0 Å². The lowest BCUT2D eigenvalue weighted by molar-refractivity contribution is 0.111. The van der Waals surface area contributed by atoms with E-state index in [9.17, 15) is 4.79 Å². The lowest BCUT2D eigenvalue weighted by Crippen LogP contribution is -2.09. The van der Waals surface area contributed by atoms with Crippen LogP contribution in [0, 0.1) is 6.92 Å². The van der Waals surface area contributed by atoms with E-state index in [0.717, 1.165) is 11.8 Å². The zero-order valence-electron chi connectivity index (χ0n) is 9.97. The van der Waals surface area contributed by atoms with Crippen molar-refractivity contribution >= 4 is 17.9 Å². The Bertz CT molecular complexity index is 552. The second-order valence-corrected chi connectivity index (χ2v) is 4.37. The normalized spacial score (nSPS) is 10.3. The SMILES string of the molecule is Cc1cnn(CCOc2ccc(Cl)cc2C=O)c1. The molecule has 1 aromatic heterocycles. The van der Waals surface area contributed by atoms with Crippen LogP contribution in [0.15, 0.2) is 30.6 Å². The Kier molecular flexibility index (Phi) is 3.99. The van der Waals surface area contributed by atoms with E-state index in [-0.39, 0.29) is 0 Å². The Labute approximate surface area is 110 Å². The van der Waals surface area contributed by atoms with E-state index in [1.54, 1.807) is 29.1 Å². The first-order valence-electron chi connectivity index (χ1n) is 5.55. The molecule has 2 rings (SSSR count). The summed E-state index contributed by atoms with van der Waals surface area (Å²) in [5, 5.41) is 4.67. The van der Waals surface area contributed by atoms with Gasteiger partial charge in [-0.3, -0.25) is 9.48 Å². The minimum Gasteiger partial charge on any atom is -0.491 e. The molecule has 0 N–H and O–H groups in total. The number of aldehydes is 1. The summed E-state index contributed by atoms with van der Waals surface area (Å²) in [5.74, 6) is 0.540. The zero-order chi connectivity index (χ0) is 13.0. The third kappa shape index (κ3) is 3.11. The van der Waals surface area contributed by atoms with Crippen molar-refractivity contribution in [1.82, 2.24) is 9.78 Å². The van der Waals surface area contributed by atoms with Gasteiger partial charge in [0.15, 0.2) is 6.29 Å². The standard InChI is InChI=1S/C13H13ClN2O2/c1-10-7-15-16(8-10)4-5-18-13-3-2-12(14)6-11(13)9-17/h2-3,6-9H,4-5H2,1H3. The Balaban J connectivity index is 1.96. The molecule has 5 heteroatoms. The molecular weight excluding hydrogens is 252 g/mol. The molecule has 0 fully saturated rings. The predicted molar refractivity (Wildman–Crippen MR) is 69.3 cm³/mol. The summed E-state index contributed by atoms with van der Waals surface area (Å²) in [4.78, 5) is 10.9. The molecule has 1 heterocycles. The van der Waals surface area contributed by atoms with Crippen LogP contribution >= 0.6 is 11.6 Å². The third-order valence-electron chi connectivity index (χ3n) is 2.44. The maximum Gasteiger partial charge on any atom is 0.153 e. The number of benzene rings is 1. The Morgan fingerprint density at radius 1 is 1.50 bits per heavy atom. The van der Waals surface area contributed by atoms with Gasteiger partial charge in [-0.15, -0.1) is 0 Å². The molecule has 0 saturated heterocycles. The van der Waals surface area contributed by atoms with Crippen LogP contribution in [0.4, 0.5) is 0 Å². The number of aryl methyl sites for hydroxylation is 1. The van der Waals surface area contributed by atoms with Gasteiger partial charge in [-0.1, -0.05) is 11.6 Å². The minimum atomic E-state index is 0.448. The van der Waals surface area contributed by atoms with Crippen LogP contribution in [-0.4, -0.2) is 22.7 Å².